The summed E-state index contributed by atoms with van der Waals surface area (Å²) in [7, 11) is 3.02. The number of hydrazone groups is 1. The summed E-state index contributed by atoms with van der Waals surface area (Å²) in [6.07, 6.45) is -1.32. The molecule has 9 heteroatoms. The number of aromatic nitrogens is 2. The molecular formula is C19H16F2N4O3. The Balaban J connectivity index is 1.70. The highest BCUT2D eigenvalue weighted by atomic mass is 19.3. The summed E-state index contributed by atoms with van der Waals surface area (Å²) in [5.41, 5.74) is 1.58. The van der Waals surface area contributed by atoms with Crippen molar-refractivity contribution in [3.05, 3.63) is 65.5 Å². The minimum Gasteiger partial charge on any atom is -0.496 e. The predicted molar refractivity (Wildman–Crippen MR) is 97.4 cm³/mol. The number of nitrogens with zero attached hydrogens (tertiary/aromatic N) is 4. The lowest BCUT2D eigenvalue weighted by Gasteiger charge is -2.13. The number of amides is 1. The van der Waals surface area contributed by atoms with Gasteiger partial charge in [-0.05, 0) is 29.8 Å². The van der Waals surface area contributed by atoms with Crippen molar-refractivity contribution in [1.29, 1.82) is 0 Å². The summed E-state index contributed by atoms with van der Waals surface area (Å²) in [5, 5.41) is 12.2. The molecule has 1 heterocycles. The first-order chi connectivity index (χ1) is 13.5. The van der Waals surface area contributed by atoms with E-state index in [1.54, 1.807) is 48.5 Å². The Morgan fingerprint density at radius 2 is 1.89 bits per heavy atom. The standard InChI is InChI=1S/C19H16F2N4O3/c1-25(19(26)14-5-3-4-6-15(14)27-2)22-11-12-7-9-13(10-8-12)17-23-24-18(28-17)16(20)21/h3-11,16H,1-2H3/b22-11+. The van der Waals surface area contributed by atoms with E-state index in [1.165, 1.54) is 25.4 Å². The minimum atomic E-state index is -2.82. The molecule has 0 aliphatic heterocycles. The number of hydrogen-bond acceptors (Lipinski definition) is 6. The maximum Gasteiger partial charge on any atom is 0.314 e. The zero-order valence-corrected chi connectivity index (χ0v) is 15.0. The Bertz CT molecular complexity index is 987. The number of halogens is 2. The molecule has 0 unspecified atom stereocenters. The van der Waals surface area contributed by atoms with Crippen molar-refractivity contribution in [3.63, 3.8) is 0 Å². The monoisotopic (exact) mass is 386 g/mol. The number of alkyl halides is 2. The lowest BCUT2D eigenvalue weighted by molar-refractivity contribution is 0.0797. The van der Waals surface area contributed by atoms with Gasteiger partial charge in [-0.15, -0.1) is 10.2 Å². The average Bonchev–Trinajstić information content (AvgIpc) is 3.22. The summed E-state index contributed by atoms with van der Waals surface area (Å²) >= 11 is 0. The second-order valence-corrected chi connectivity index (χ2v) is 5.64. The van der Waals surface area contributed by atoms with Gasteiger partial charge in [-0.1, -0.05) is 24.3 Å². The van der Waals surface area contributed by atoms with Gasteiger partial charge in [0.2, 0.25) is 5.89 Å². The third-order valence-electron chi connectivity index (χ3n) is 3.80. The van der Waals surface area contributed by atoms with E-state index in [4.69, 9.17) is 9.15 Å². The molecule has 2 aromatic carbocycles. The van der Waals surface area contributed by atoms with Crippen LogP contribution < -0.4 is 4.74 Å². The minimum absolute atomic E-state index is 0.00209. The molecule has 144 valence electrons. The third kappa shape index (κ3) is 4.20. The van der Waals surface area contributed by atoms with Crippen LogP contribution >= 0.6 is 0 Å². The zero-order valence-electron chi connectivity index (χ0n) is 15.0. The van der Waals surface area contributed by atoms with Crippen molar-refractivity contribution >= 4 is 12.1 Å². The molecule has 0 aliphatic carbocycles. The molecule has 0 N–H and O–H groups in total. The molecule has 0 atom stereocenters. The van der Waals surface area contributed by atoms with E-state index in [2.05, 4.69) is 15.3 Å². The van der Waals surface area contributed by atoms with Crippen LogP contribution in [0.4, 0.5) is 8.78 Å². The topological polar surface area (TPSA) is 80.8 Å². The molecule has 0 spiro atoms. The molecule has 28 heavy (non-hydrogen) atoms. The number of carbonyl (C=O) groups excluding carboxylic acids is 1. The summed E-state index contributed by atoms with van der Waals surface area (Å²) in [4.78, 5) is 12.5. The number of rotatable bonds is 6. The van der Waals surface area contributed by atoms with Gasteiger partial charge in [0.15, 0.2) is 0 Å². The Hall–Kier alpha value is -3.62. The molecule has 3 aromatic rings. The first-order valence-electron chi connectivity index (χ1n) is 8.16. The lowest BCUT2D eigenvalue weighted by Crippen LogP contribution is -2.22. The Labute approximate surface area is 159 Å². The van der Waals surface area contributed by atoms with Gasteiger partial charge in [-0.25, -0.2) is 5.01 Å². The van der Waals surface area contributed by atoms with E-state index < -0.39 is 12.3 Å². The summed E-state index contributed by atoms with van der Waals surface area (Å²) in [5.74, 6) is -0.586. The smallest absolute Gasteiger partial charge is 0.314 e. The Morgan fingerprint density at radius 3 is 2.54 bits per heavy atom. The number of hydrogen-bond donors (Lipinski definition) is 0. The fourth-order valence-electron chi connectivity index (χ4n) is 2.35. The third-order valence-corrected chi connectivity index (χ3v) is 3.80. The van der Waals surface area contributed by atoms with Gasteiger partial charge in [0.25, 0.3) is 11.8 Å². The predicted octanol–water partition coefficient (Wildman–Crippen LogP) is 3.79. The van der Waals surface area contributed by atoms with Crippen LogP contribution in [-0.2, 0) is 0 Å². The molecule has 1 amide bonds. The van der Waals surface area contributed by atoms with Crippen molar-refractivity contribution < 1.29 is 22.7 Å². The second kappa shape index (κ2) is 8.38. The van der Waals surface area contributed by atoms with E-state index in [9.17, 15) is 13.6 Å². The molecule has 0 fully saturated rings. The highest BCUT2D eigenvalue weighted by molar-refractivity contribution is 5.97. The van der Waals surface area contributed by atoms with Crippen LogP contribution in [0.5, 0.6) is 5.75 Å². The van der Waals surface area contributed by atoms with Gasteiger partial charge in [-0.3, -0.25) is 4.79 Å². The van der Waals surface area contributed by atoms with Crippen molar-refractivity contribution in [2.45, 2.75) is 6.43 Å². The fourth-order valence-corrected chi connectivity index (χ4v) is 2.35. The SMILES string of the molecule is COc1ccccc1C(=O)N(C)/N=C/c1ccc(-c2nnc(C(F)F)o2)cc1. The Morgan fingerprint density at radius 1 is 1.18 bits per heavy atom. The van der Waals surface area contributed by atoms with E-state index in [-0.39, 0.29) is 11.8 Å². The van der Waals surface area contributed by atoms with E-state index in [0.29, 0.717) is 22.4 Å². The molecule has 3 rings (SSSR count). The highest BCUT2D eigenvalue weighted by Gasteiger charge is 2.17. The van der Waals surface area contributed by atoms with Crippen LogP contribution in [0, 0.1) is 0 Å². The van der Waals surface area contributed by atoms with Gasteiger partial charge in [-0.2, -0.15) is 13.9 Å². The molecule has 1 aromatic heterocycles. The molecule has 0 radical (unpaired) electrons. The molecule has 0 bridgehead atoms. The lowest BCUT2D eigenvalue weighted by atomic mass is 10.1. The molecule has 0 aliphatic rings. The van der Waals surface area contributed by atoms with Crippen molar-refractivity contribution in [2.24, 2.45) is 5.10 Å². The largest absolute Gasteiger partial charge is 0.496 e. The molecule has 7 nitrogen and oxygen atoms in total. The maximum atomic E-state index is 12.5. The number of benzene rings is 2. The summed E-state index contributed by atoms with van der Waals surface area (Å²) in [6.45, 7) is 0. The van der Waals surface area contributed by atoms with E-state index in [1.807, 2.05) is 0 Å². The molecule has 0 saturated heterocycles. The first kappa shape index (κ1) is 19.2. The summed E-state index contributed by atoms with van der Waals surface area (Å²) in [6, 6.07) is 13.5. The van der Waals surface area contributed by atoms with Crippen molar-refractivity contribution in [2.75, 3.05) is 14.2 Å². The van der Waals surface area contributed by atoms with Gasteiger partial charge in [0, 0.05) is 12.6 Å². The normalized spacial score (nSPS) is 11.2. The van der Waals surface area contributed by atoms with Crippen LogP contribution in [0.2, 0.25) is 0 Å². The summed E-state index contributed by atoms with van der Waals surface area (Å²) < 4.78 is 35.1. The highest BCUT2D eigenvalue weighted by Crippen LogP contribution is 2.23. The van der Waals surface area contributed by atoms with E-state index in [0.717, 1.165) is 0 Å². The Kier molecular flexibility index (Phi) is 5.73. The van der Waals surface area contributed by atoms with Crippen LogP contribution in [0.15, 0.2) is 58.0 Å². The van der Waals surface area contributed by atoms with Crippen LogP contribution in [0.1, 0.15) is 28.2 Å². The van der Waals surface area contributed by atoms with Gasteiger partial charge in [0.05, 0.1) is 18.9 Å². The number of carbonyl (C=O) groups is 1. The van der Waals surface area contributed by atoms with Crippen LogP contribution in [0.25, 0.3) is 11.5 Å². The fraction of sp³-hybridized carbons (Fsp3) is 0.158. The average molecular weight is 386 g/mol. The van der Waals surface area contributed by atoms with Gasteiger partial charge in [0.1, 0.15) is 5.75 Å². The zero-order chi connectivity index (χ0) is 20.1. The van der Waals surface area contributed by atoms with Gasteiger partial charge >= 0.3 is 6.43 Å². The molecular weight excluding hydrogens is 370 g/mol. The number of ether oxygens (including phenoxy) is 1. The van der Waals surface area contributed by atoms with E-state index >= 15 is 0 Å². The van der Waals surface area contributed by atoms with Crippen molar-refractivity contribution in [1.82, 2.24) is 15.2 Å². The maximum absolute atomic E-state index is 12.5. The molecule has 0 saturated carbocycles. The van der Waals surface area contributed by atoms with Crippen LogP contribution in [0.3, 0.4) is 0 Å². The quantitative estimate of drug-likeness (QED) is 0.476. The first-order valence-corrected chi connectivity index (χ1v) is 8.16. The van der Waals surface area contributed by atoms with Crippen LogP contribution in [-0.4, -0.2) is 41.5 Å². The van der Waals surface area contributed by atoms with Crippen molar-refractivity contribution in [3.8, 4) is 17.2 Å². The number of para-hydroxylation sites is 1. The number of methoxy groups -OCH3 is 1. The second-order valence-electron chi connectivity index (χ2n) is 5.64. The van der Waals surface area contributed by atoms with Gasteiger partial charge < -0.3 is 9.15 Å².